The second kappa shape index (κ2) is 5.35. The van der Waals surface area contributed by atoms with Crippen LogP contribution in [-0.4, -0.2) is 25.0 Å². The molecule has 1 spiro atoms. The van der Waals surface area contributed by atoms with Gasteiger partial charge in [0.15, 0.2) is 0 Å². The Kier molecular flexibility index (Phi) is 4.61. The fourth-order valence-electron chi connectivity index (χ4n) is 3.49. The lowest BCUT2D eigenvalue weighted by atomic mass is 9.68. The minimum atomic E-state index is 0.580. The maximum atomic E-state index is 2.47. The van der Waals surface area contributed by atoms with Crippen molar-refractivity contribution in [2.24, 2.45) is 11.3 Å². The fraction of sp³-hybridized carbons (Fsp3) is 0.867. The lowest BCUT2D eigenvalue weighted by molar-refractivity contribution is 0.114. The summed E-state index contributed by atoms with van der Waals surface area (Å²) in [7, 11) is 2.25. The highest BCUT2D eigenvalue weighted by atomic mass is 15.1. The van der Waals surface area contributed by atoms with Crippen molar-refractivity contribution in [2.75, 3.05) is 20.1 Å². The molecule has 0 bridgehead atoms. The number of hydrogen-bond acceptors (Lipinski definition) is 1. The van der Waals surface area contributed by atoms with Crippen LogP contribution in [0.15, 0.2) is 11.1 Å². The smallest absolute Gasteiger partial charge is 0.00133 e. The summed E-state index contributed by atoms with van der Waals surface area (Å²) < 4.78 is 0. The standard InChI is InChI=1S/C13H23N.C2H6/c1-10-9-11(2)13(12(10)3)5-7-14(4)8-6-13;1-2/h11H,5-9H2,1-4H3;1-2H3. The van der Waals surface area contributed by atoms with Crippen molar-refractivity contribution in [3.63, 3.8) is 0 Å². The van der Waals surface area contributed by atoms with Gasteiger partial charge in [-0.05, 0) is 64.6 Å². The molecule has 2 rings (SSSR count). The molecule has 1 atom stereocenters. The van der Waals surface area contributed by atoms with Crippen LogP contribution in [0.3, 0.4) is 0 Å². The summed E-state index contributed by atoms with van der Waals surface area (Å²) in [4.78, 5) is 2.47. The fourth-order valence-corrected chi connectivity index (χ4v) is 3.49. The second-order valence-corrected chi connectivity index (χ2v) is 5.47. The van der Waals surface area contributed by atoms with Gasteiger partial charge in [-0.25, -0.2) is 0 Å². The molecule has 0 saturated carbocycles. The largest absolute Gasteiger partial charge is 0.306 e. The van der Waals surface area contributed by atoms with Crippen molar-refractivity contribution in [2.45, 2.75) is 53.9 Å². The van der Waals surface area contributed by atoms with Crippen LogP contribution in [0.1, 0.15) is 53.9 Å². The van der Waals surface area contributed by atoms with E-state index < -0.39 is 0 Å². The molecule has 1 unspecified atom stereocenters. The molecule has 0 N–H and O–H groups in total. The van der Waals surface area contributed by atoms with E-state index in [-0.39, 0.29) is 0 Å². The van der Waals surface area contributed by atoms with Gasteiger partial charge in [-0.1, -0.05) is 31.9 Å². The molecule has 1 fully saturated rings. The average Bonchev–Trinajstić information content (AvgIpc) is 2.50. The summed E-state index contributed by atoms with van der Waals surface area (Å²) in [6, 6.07) is 0. The summed E-state index contributed by atoms with van der Waals surface area (Å²) in [5, 5.41) is 0. The highest BCUT2D eigenvalue weighted by Gasteiger charge is 2.44. The number of rotatable bonds is 0. The zero-order chi connectivity index (χ0) is 12.3. The van der Waals surface area contributed by atoms with Gasteiger partial charge in [-0.15, -0.1) is 0 Å². The van der Waals surface area contributed by atoms with E-state index in [0.717, 1.165) is 5.92 Å². The summed E-state index contributed by atoms with van der Waals surface area (Å²) in [5.74, 6) is 0.885. The summed E-state index contributed by atoms with van der Waals surface area (Å²) in [5.41, 5.74) is 3.97. The molecule has 1 heteroatoms. The van der Waals surface area contributed by atoms with Gasteiger partial charge in [-0.3, -0.25) is 0 Å². The molecular weight excluding hydrogens is 194 g/mol. The molecule has 2 aliphatic rings. The molecule has 0 radical (unpaired) electrons. The normalized spacial score (nSPS) is 29.2. The first-order valence-corrected chi connectivity index (χ1v) is 6.91. The van der Waals surface area contributed by atoms with Crippen LogP contribution in [-0.2, 0) is 0 Å². The van der Waals surface area contributed by atoms with Gasteiger partial charge in [0.05, 0.1) is 0 Å². The van der Waals surface area contributed by atoms with Gasteiger partial charge >= 0.3 is 0 Å². The van der Waals surface area contributed by atoms with Crippen LogP contribution in [0.5, 0.6) is 0 Å². The molecule has 1 aliphatic heterocycles. The average molecular weight is 223 g/mol. The number of nitrogens with zero attached hydrogens (tertiary/aromatic N) is 1. The highest BCUT2D eigenvalue weighted by molar-refractivity contribution is 5.28. The van der Waals surface area contributed by atoms with E-state index in [0.29, 0.717) is 5.41 Å². The highest BCUT2D eigenvalue weighted by Crippen LogP contribution is 2.53. The Morgan fingerprint density at radius 2 is 1.62 bits per heavy atom. The molecule has 1 heterocycles. The quantitative estimate of drug-likeness (QED) is 0.559. The van der Waals surface area contributed by atoms with Crippen molar-refractivity contribution in [1.82, 2.24) is 4.90 Å². The molecule has 1 nitrogen and oxygen atoms in total. The number of hydrogen-bond donors (Lipinski definition) is 0. The molecule has 0 aromatic carbocycles. The second-order valence-electron chi connectivity index (χ2n) is 5.47. The maximum Gasteiger partial charge on any atom is -0.00133 e. The molecule has 0 aromatic rings. The third-order valence-electron chi connectivity index (χ3n) is 4.82. The first-order chi connectivity index (χ1) is 7.56. The molecule has 1 aliphatic carbocycles. The molecule has 16 heavy (non-hydrogen) atoms. The Labute approximate surface area is 102 Å². The lowest BCUT2D eigenvalue weighted by Gasteiger charge is -2.42. The van der Waals surface area contributed by atoms with E-state index in [1.54, 1.807) is 11.1 Å². The van der Waals surface area contributed by atoms with Crippen LogP contribution < -0.4 is 0 Å². The topological polar surface area (TPSA) is 3.24 Å². The van der Waals surface area contributed by atoms with Crippen molar-refractivity contribution in [3.05, 3.63) is 11.1 Å². The van der Waals surface area contributed by atoms with Crippen molar-refractivity contribution in [1.29, 1.82) is 0 Å². The molecule has 0 aromatic heterocycles. The van der Waals surface area contributed by atoms with E-state index in [1.807, 2.05) is 13.8 Å². The summed E-state index contributed by atoms with van der Waals surface area (Å²) in [6.45, 7) is 13.7. The SMILES string of the molecule is CC.CC1=C(C)C2(CCN(C)CC2)C(C)C1. The van der Waals surface area contributed by atoms with Crippen LogP contribution in [0.4, 0.5) is 0 Å². The van der Waals surface area contributed by atoms with Crippen LogP contribution >= 0.6 is 0 Å². The Hall–Kier alpha value is -0.300. The first-order valence-electron chi connectivity index (χ1n) is 6.91. The third kappa shape index (κ3) is 2.20. The van der Waals surface area contributed by atoms with Crippen LogP contribution in [0.2, 0.25) is 0 Å². The van der Waals surface area contributed by atoms with Gasteiger partial charge in [0.1, 0.15) is 0 Å². The molecule has 1 saturated heterocycles. The first kappa shape index (κ1) is 13.8. The van der Waals surface area contributed by atoms with E-state index in [9.17, 15) is 0 Å². The van der Waals surface area contributed by atoms with Gasteiger partial charge < -0.3 is 4.90 Å². The molecular formula is C15H29N. The Bertz CT molecular complexity index is 257. The minimum absolute atomic E-state index is 0.580. The predicted molar refractivity (Wildman–Crippen MR) is 72.7 cm³/mol. The monoisotopic (exact) mass is 223 g/mol. The van der Waals surface area contributed by atoms with Crippen molar-refractivity contribution < 1.29 is 0 Å². The van der Waals surface area contributed by atoms with Crippen LogP contribution in [0.25, 0.3) is 0 Å². The summed E-state index contributed by atoms with van der Waals surface area (Å²) in [6.07, 6.45) is 4.11. The summed E-state index contributed by atoms with van der Waals surface area (Å²) >= 11 is 0. The zero-order valence-electron chi connectivity index (χ0n) is 12.1. The third-order valence-corrected chi connectivity index (χ3v) is 4.82. The van der Waals surface area contributed by atoms with Gasteiger partial charge in [0.2, 0.25) is 0 Å². The zero-order valence-corrected chi connectivity index (χ0v) is 12.1. The van der Waals surface area contributed by atoms with Gasteiger partial charge in [0, 0.05) is 0 Å². The van der Waals surface area contributed by atoms with Crippen LogP contribution in [0, 0.1) is 11.3 Å². The van der Waals surface area contributed by atoms with E-state index in [4.69, 9.17) is 0 Å². The Morgan fingerprint density at radius 1 is 1.12 bits per heavy atom. The molecule has 0 amide bonds. The van der Waals surface area contributed by atoms with E-state index in [1.165, 1.54) is 32.4 Å². The van der Waals surface area contributed by atoms with E-state index >= 15 is 0 Å². The van der Waals surface area contributed by atoms with Gasteiger partial charge in [0.25, 0.3) is 0 Å². The number of piperidine rings is 1. The maximum absolute atomic E-state index is 2.47. The Morgan fingerprint density at radius 3 is 2.00 bits per heavy atom. The lowest BCUT2D eigenvalue weighted by Crippen LogP contribution is -2.40. The Balaban J connectivity index is 0.000000606. The molecule has 94 valence electrons. The van der Waals surface area contributed by atoms with Crippen molar-refractivity contribution in [3.8, 4) is 0 Å². The minimum Gasteiger partial charge on any atom is -0.306 e. The van der Waals surface area contributed by atoms with E-state index in [2.05, 4.69) is 32.7 Å². The van der Waals surface area contributed by atoms with Gasteiger partial charge in [-0.2, -0.15) is 0 Å². The van der Waals surface area contributed by atoms with Crippen molar-refractivity contribution >= 4 is 0 Å². The predicted octanol–water partition coefficient (Wildman–Crippen LogP) is 4.10. The number of allylic oxidation sites excluding steroid dienone is 2. The number of likely N-dealkylation sites (tertiary alicyclic amines) is 1.